The van der Waals surface area contributed by atoms with Crippen LogP contribution in [-0.4, -0.2) is 28.5 Å². The van der Waals surface area contributed by atoms with E-state index < -0.39 is 23.9 Å². The van der Waals surface area contributed by atoms with Gasteiger partial charge in [0.05, 0.1) is 11.2 Å². The maximum Gasteiger partial charge on any atom is 0.494 e. The first-order valence-corrected chi connectivity index (χ1v) is 10.5. The van der Waals surface area contributed by atoms with E-state index in [0.29, 0.717) is 27.4 Å². The second-order valence-corrected chi connectivity index (χ2v) is 9.20. The fourth-order valence-electron chi connectivity index (χ4n) is 3.50. The number of rotatable bonds is 3. The Hall–Kier alpha value is -2.94. The summed E-state index contributed by atoms with van der Waals surface area (Å²) in [4.78, 5) is 16.9. The van der Waals surface area contributed by atoms with Crippen LogP contribution < -0.4 is 11.1 Å². The van der Waals surface area contributed by atoms with Crippen LogP contribution in [0.1, 0.15) is 27.7 Å². The van der Waals surface area contributed by atoms with Crippen LogP contribution in [-0.2, 0) is 9.31 Å². The van der Waals surface area contributed by atoms with E-state index in [4.69, 9.17) is 29.8 Å². The summed E-state index contributed by atoms with van der Waals surface area (Å²) in [6.07, 6.45) is 0. The SMILES string of the molecule is CC1(C)OB(c2cccc(-c3noc(-c4cc5cc(Cl)ccc5oc4=O)n3)c2)OC1(C)C. The largest absolute Gasteiger partial charge is 0.494 e. The minimum absolute atomic E-state index is 0.0664. The van der Waals surface area contributed by atoms with Crippen molar-refractivity contribution < 1.29 is 18.2 Å². The van der Waals surface area contributed by atoms with Crippen LogP contribution in [0.3, 0.4) is 0 Å². The van der Waals surface area contributed by atoms with Gasteiger partial charge in [0.1, 0.15) is 11.1 Å². The summed E-state index contributed by atoms with van der Waals surface area (Å²) in [5.74, 6) is 0.403. The number of nitrogens with zero attached hydrogens (tertiary/aromatic N) is 2. The summed E-state index contributed by atoms with van der Waals surface area (Å²) in [6, 6.07) is 14.2. The standard InChI is InChI=1S/C23H20BClN2O5/c1-22(2)23(3,4)32-24(31-22)15-7-5-6-13(10-15)19-26-20(30-27-19)17-12-14-11-16(25)8-9-18(14)29-21(17)28/h5-12H,1-4H3. The summed E-state index contributed by atoms with van der Waals surface area (Å²) < 4.78 is 23.0. The van der Waals surface area contributed by atoms with Gasteiger partial charge in [-0.25, -0.2) is 4.79 Å². The summed E-state index contributed by atoms with van der Waals surface area (Å²) >= 11 is 6.05. The fourth-order valence-corrected chi connectivity index (χ4v) is 3.68. The molecule has 9 heteroatoms. The first kappa shape index (κ1) is 20.9. The Bertz CT molecular complexity index is 1380. The Morgan fingerprint density at radius 2 is 1.72 bits per heavy atom. The minimum Gasteiger partial charge on any atom is -0.422 e. The molecule has 0 spiro atoms. The normalized spacial score (nSPS) is 17.2. The molecule has 3 heterocycles. The van der Waals surface area contributed by atoms with Crippen molar-refractivity contribution in [1.82, 2.24) is 10.1 Å². The molecular formula is C23H20BClN2O5. The zero-order chi connectivity index (χ0) is 22.7. The predicted octanol–water partition coefficient (Wildman–Crippen LogP) is 4.46. The molecule has 7 nitrogen and oxygen atoms in total. The summed E-state index contributed by atoms with van der Waals surface area (Å²) in [5.41, 5.74) is 0.687. The molecule has 1 aliphatic heterocycles. The van der Waals surface area contributed by atoms with Crippen molar-refractivity contribution in [1.29, 1.82) is 0 Å². The number of aromatic nitrogens is 2. The number of halogens is 1. The van der Waals surface area contributed by atoms with Gasteiger partial charge in [0.15, 0.2) is 0 Å². The molecular weight excluding hydrogens is 431 g/mol. The van der Waals surface area contributed by atoms with E-state index in [2.05, 4.69) is 10.1 Å². The lowest BCUT2D eigenvalue weighted by atomic mass is 9.78. The van der Waals surface area contributed by atoms with Crippen LogP contribution in [0, 0.1) is 0 Å². The van der Waals surface area contributed by atoms with Crippen molar-refractivity contribution in [2.45, 2.75) is 38.9 Å². The van der Waals surface area contributed by atoms with Gasteiger partial charge in [0.2, 0.25) is 5.82 Å². The van der Waals surface area contributed by atoms with Crippen LogP contribution in [0.5, 0.6) is 0 Å². The van der Waals surface area contributed by atoms with Gasteiger partial charge < -0.3 is 18.2 Å². The van der Waals surface area contributed by atoms with E-state index in [1.54, 1.807) is 24.3 Å². The molecule has 162 valence electrons. The van der Waals surface area contributed by atoms with E-state index in [-0.39, 0.29) is 11.5 Å². The Morgan fingerprint density at radius 1 is 0.969 bits per heavy atom. The van der Waals surface area contributed by atoms with Crippen molar-refractivity contribution in [3.05, 3.63) is 64.0 Å². The molecule has 1 aliphatic rings. The second-order valence-electron chi connectivity index (χ2n) is 8.77. The highest BCUT2D eigenvalue weighted by atomic mass is 35.5. The molecule has 2 aromatic carbocycles. The second kappa shape index (κ2) is 7.30. The Kier molecular flexibility index (Phi) is 4.78. The first-order chi connectivity index (χ1) is 15.1. The van der Waals surface area contributed by atoms with E-state index in [9.17, 15) is 4.79 Å². The molecule has 0 aliphatic carbocycles. The van der Waals surface area contributed by atoms with Gasteiger partial charge in [0, 0.05) is 16.0 Å². The molecule has 5 rings (SSSR count). The molecule has 1 saturated heterocycles. The molecule has 2 aromatic heterocycles. The fraction of sp³-hybridized carbons (Fsp3) is 0.261. The van der Waals surface area contributed by atoms with Crippen molar-refractivity contribution in [2.24, 2.45) is 0 Å². The maximum atomic E-state index is 12.5. The molecule has 0 amide bonds. The lowest BCUT2D eigenvalue weighted by molar-refractivity contribution is 0.00578. The highest BCUT2D eigenvalue weighted by Gasteiger charge is 2.51. The highest BCUT2D eigenvalue weighted by Crippen LogP contribution is 2.36. The van der Waals surface area contributed by atoms with Crippen LogP contribution >= 0.6 is 11.6 Å². The Balaban J connectivity index is 1.49. The third-order valence-electron chi connectivity index (χ3n) is 6.02. The molecule has 0 saturated carbocycles. The monoisotopic (exact) mass is 450 g/mol. The lowest BCUT2D eigenvalue weighted by Crippen LogP contribution is -2.41. The van der Waals surface area contributed by atoms with Crippen LogP contribution in [0.2, 0.25) is 5.02 Å². The van der Waals surface area contributed by atoms with Gasteiger partial charge >= 0.3 is 12.7 Å². The van der Waals surface area contributed by atoms with Gasteiger partial charge in [-0.1, -0.05) is 41.0 Å². The highest BCUT2D eigenvalue weighted by molar-refractivity contribution is 6.62. The quantitative estimate of drug-likeness (QED) is 0.336. The summed E-state index contributed by atoms with van der Waals surface area (Å²) in [5, 5.41) is 5.24. The number of hydrogen-bond donors (Lipinski definition) is 0. The zero-order valence-corrected chi connectivity index (χ0v) is 18.8. The van der Waals surface area contributed by atoms with Crippen LogP contribution in [0.15, 0.2) is 62.3 Å². The topological polar surface area (TPSA) is 87.6 Å². The molecule has 0 N–H and O–H groups in total. The molecule has 0 atom stereocenters. The third kappa shape index (κ3) is 3.54. The lowest BCUT2D eigenvalue weighted by Gasteiger charge is -2.32. The Morgan fingerprint density at radius 3 is 2.47 bits per heavy atom. The van der Waals surface area contributed by atoms with Crippen molar-refractivity contribution in [3.63, 3.8) is 0 Å². The molecule has 0 radical (unpaired) electrons. The average molecular weight is 451 g/mol. The molecule has 1 fully saturated rings. The summed E-state index contributed by atoms with van der Waals surface area (Å²) in [6.45, 7) is 8.02. The van der Waals surface area contributed by atoms with Crippen LogP contribution in [0.4, 0.5) is 0 Å². The first-order valence-electron chi connectivity index (χ1n) is 10.2. The Labute approximate surface area is 189 Å². The smallest absolute Gasteiger partial charge is 0.422 e. The average Bonchev–Trinajstić information content (AvgIpc) is 3.30. The zero-order valence-electron chi connectivity index (χ0n) is 18.0. The van der Waals surface area contributed by atoms with Gasteiger partial charge in [-0.3, -0.25) is 0 Å². The van der Waals surface area contributed by atoms with Crippen molar-refractivity contribution >= 4 is 35.2 Å². The van der Waals surface area contributed by atoms with Gasteiger partial charge in [-0.05, 0) is 57.4 Å². The number of hydrogen-bond acceptors (Lipinski definition) is 7. The predicted molar refractivity (Wildman–Crippen MR) is 122 cm³/mol. The molecule has 0 bridgehead atoms. The van der Waals surface area contributed by atoms with E-state index in [0.717, 1.165) is 5.46 Å². The molecule has 4 aromatic rings. The number of benzene rings is 2. The minimum atomic E-state index is -0.569. The van der Waals surface area contributed by atoms with E-state index in [1.807, 2.05) is 52.0 Å². The molecule has 0 unspecified atom stereocenters. The molecule has 32 heavy (non-hydrogen) atoms. The van der Waals surface area contributed by atoms with Crippen LogP contribution in [0.25, 0.3) is 33.8 Å². The van der Waals surface area contributed by atoms with Crippen molar-refractivity contribution in [3.8, 4) is 22.8 Å². The van der Waals surface area contributed by atoms with Gasteiger partial charge in [-0.2, -0.15) is 4.98 Å². The van der Waals surface area contributed by atoms with E-state index in [1.165, 1.54) is 0 Å². The number of fused-ring (bicyclic) bond motifs is 1. The maximum absolute atomic E-state index is 12.5. The summed E-state index contributed by atoms with van der Waals surface area (Å²) in [7, 11) is -0.511. The van der Waals surface area contributed by atoms with E-state index >= 15 is 0 Å². The van der Waals surface area contributed by atoms with Crippen molar-refractivity contribution in [2.75, 3.05) is 0 Å². The van der Waals surface area contributed by atoms with Gasteiger partial charge in [-0.15, -0.1) is 0 Å². The third-order valence-corrected chi connectivity index (χ3v) is 6.26. The van der Waals surface area contributed by atoms with Gasteiger partial charge in [0.25, 0.3) is 5.89 Å².